The van der Waals surface area contributed by atoms with Gasteiger partial charge < -0.3 is 88.6 Å². The Balaban J connectivity index is 0.906. The molecular weight excluding hydrogens is 881 g/mol. The molecule has 1 aromatic rings. The van der Waals surface area contributed by atoms with E-state index in [1.807, 2.05) is 6.07 Å². The Morgan fingerprint density at radius 3 is 2.00 bits per heavy atom. The van der Waals surface area contributed by atoms with Gasteiger partial charge in [-0.25, -0.2) is 4.79 Å². The fraction of sp³-hybridized carbons (Fsp3) is 0.833. The quantitative estimate of drug-likeness (QED) is 0.0936. The second-order valence-corrected chi connectivity index (χ2v) is 20.9. The largest absolute Gasteiger partial charge is 0.456 e. The highest BCUT2D eigenvalue weighted by Gasteiger charge is 2.72. The number of benzene rings is 1. The minimum atomic E-state index is -1.82. The van der Waals surface area contributed by atoms with Crippen LogP contribution in [0.4, 0.5) is 0 Å². The second-order valence-electron chi connectivity index (χ2n) is 20.9. The minimum Gasteiger partial charge on any atom is -0.456 e. The Hall–Kier alpha value is -2.28. The SMILES string of the molecule is COC1C(O)C(OC2CCC3(C)C(CCC4C3CCC3(C)C(CC(C)=O)CC(OC(=O)c5ccccc5)C43O)C2)OC(C)C1OC1OC(CO)C(OC2OC(CO)C(O)C(O)C2O)C(O)C1O. The van der Waals surface area contributed by atoms with E-state index in [2.05, 4.69) is 13.8 Å². The van der Waals surface area contributed by atoms with E-state index in [9.17, 15) is 55.5 Å². The van der Waals surface area contributed by atoms with Crippen molar-refractivity contribution in [2.24, 2.45) is 34.5 Å². The van der Waals surface area contributed by atoms with E-state index in [-0.39, 0.29) is 41.0 Å². The number of ether oxygens (including phenoxy) is 8. The lowest BCUT2D eigenvalue weighted by Gasteiger charge is -2.64. The molecule has 0 bridgehead atoms. The van der Waals surface area contributed by atoms with Gasteiger partial charge in [-0.05, 0) is 106 Å². The van der Waals surface area contributed by atoms with Crippen molar-refractivity contribution in [1.82, 2.24) is 0 Å². The van der Waals surface area contributed by atoms with E-state index in [1.54, 1.807) is 38.1 Å². The van der Waals surface area contributed by atoms with E-state index in [0.29, 0.717) is 44.1 Å². The summed E-state index contributed by atoms with van der Waals surface area (Å²) in [7, 11) is 1.38. The number of aliphatic hydroxyl groups excluding tert-OH is 8. The molecule has 24 atom stereocenters. The highest BCUT2D eigenvalue weighted by atomic mass is 16.8. The van der Waals surface area contributed by atoms with Gasteiger partial charge in [0.05, 0.1) is 31.0 Å². The molecule has 0 radical (unpaired) electrons. The van der Waals surface area contributed by atoms with Gasteiger partial charge in [0, 0.05) is 18.9 Å². The summed E-state index contributed by atoms with van der Waals surface area (Å²) in [6.45, 7) is 6.16. The van der Waals surface area contributed by atoms with Crippen LogP contribution in [0.5, 0.6) is 0 Å². The Labute approximate surface area is 390 Å². The third kappa shape index (κ3) is 9.06. The zero-order valence-corrected chi connectivity index (χ0v) is 38.9. The topological polar surface area (TPSA) is 290 Å². The maximum absolute atomic E-state index is 13.5. The van der Waals surface area contributed by atoms with Gasteiger partial charge in [-0.3, -0.25) is 0 Å². The van der Waals surface area contributed by atoms with Crippen LogP contribution in [-0.4, -0.2) is 188 Å². The van der Waals surface area contributed by atoms with E-state index in [1.165, 1.54) is 7.11 Å². The monoisotopic (exact) mass is 952 g/mol. The molecule has 378 valence electrons. The molecule has 3 saturated heterocycles. The first-order valence-electron chi connectivity index (χ1n) is 24.0. The maximum Gasteiger partial charge on any atom is 0.338 e. The first kappa shape index (κ1) is 51.1. The van der Waals surface area contributed by atoms with Crippen LogP contribution < -0.4 is 0 Å². The third-order valence-corrected chi connectivity index (χ3v) is 17.4. The van der Waals surface area contributed by atoms with Gasteiger partial charge in [0.1, 0.15) is 84.6 Å². The van der Waals surface area contributed by atoms with Gasteiger partial charge in [-0.1, -0.05) is 32.0 Å². The number of carbonyl (C=O) groups excluding carboxylic acids is 2. The van der Waals surface area contributed by atoms with Crippen LogP contribution in [0.15, 0.2) is 30.3 Å². The average molecular weight is 953 g/mol. The molecule has 0 spiro atoms. The van der Waals surface area contributed by atoms with Gasteiger partial charge >= 0.3 is 5.97 Å². The molecule has 4 aliphatic carbocycles. The number of Topliss-reactive ketones (excluding diaryl/α,β-unsaturated/α-hetero) is 1. The summed E-state index contributed by atoms with van der Waals surface area (Å²) in [6.07, 6.45) is -17.0. The molecule has 19 nitrogen and oxygen atoms in total. The molecular formula is C48H72O19. The predicted octanol–water partition coefficient (Wildman–Crippen LogP) is 0.0900. The van der Waals surface area contributed by atoms with Crippen LogP contribution in [-0.2, 0) is 42.7 Å². The zero-order chi connectivity index (χ0) is 48.3. The number of ketones is 1. The summed E-state index contributed by atoms with van der Waals surface area (Å²) >= 11 is 0. The number of rotatable bonds is 13. The Kier molecular flexibility index (Phi) is 15.3. The Bertz CT molecular complexity index is 1860. The number of carbonyl (C=O) groups is 2. The molecule has 9 N–H and O–H groups in total. The van der Waals surface area contributed by atoms with Gasteiger partial charge in [0.15, 0.2) is 18.9 Å². The zero-order valence-electron chi connectivity index (χ0n) is 38.9. The van der Waals surface area contributed by atoms with Gasteiger partial charge in [0.2, 0.25) is 0 Å². The number of fused-ring (bicyclic) bond motifs is 5. The summed E-state index contributed by atoms with van der Waals surface area (Å²) in [5.74, 6) is -0.369. The molecule has 7 aliphatic rings. The Morgan fingerprint density at radius 2 is 1.34 bits per heavy atom. The molecule has 3 aliphatic heterocycles. The normalized spacial score (nSPS) is 49.9. The van der Waals surface area contributed by atoms with Crippen LogP contribution in [0, 0.1) is 34.5 Å². The first-order chi connectivity index (χ1) is 31.8. The molecule has 24 unspecified atom stereocenters. The highest BCUT2D eigenvalue weighted by molar-refractivity contribution is 5.89. The molecule has 3 heterocycles. The third-order valence-electron chi connectivity index (χ3n) is 17.4. The first-order valence-corrected chi connectivity index (χ1v) is 24.0. The van der Waals surface area contributed by atoms with Crippen LogP contribution in [0.2, 0.25) is 0 Å². The molecule has 0 amide bonds. The standard InChI is InChI=1S/C48H72O19/c1-22(51)17-26-19-32(65-42(58)24-9-7-6-8-10-24)48(59)29-12-11-25-18-27(13-15-46(25,3)28(29)14-16-47(26,48)4)62-45-38(57)41(60-5)39(23(2)61-45)66-44-37(56)35(54)40(31(21-50)64-44)67-43-36(55)34(53)33(52)30(20-49)63-43/h6-10,23,25-41,43-45,49-50,52-57,59H,11-21H2,1-5H3. The van der Waals surface area contributed by atoms with Crippen LogP contribution >= 0.6 is 0 Å². The summed E-state index contributed by atoms with van der Waals surface area (Å²) in [6, 6.07) is 8.79. The average Bonchev–Trinajstić information content (AvgIpc) is 3.52. The van der Waals surface area contributed by atoms with E-state index >= 15 is 0 Å². The van der Waals surface area contributed by atoms with Crippen molar-refractivity contribution >= 4 is 11.8 Å². The molecule has 1 aromatic carbocycles. The fourth-order valence-electron chi connectivity index (χ4n) is 13.6. The van der Waals surface area contributed by atoms with Gasteiger partial charge in [0.25, 0.3) is 0 Å². The number of hydrogen-bond donors (Lipinski definition) is 9. The predicted molar refractivity (Wildman–Crippen MR) is 230 cm³/mol. The van der Waals surface area contributed by atoms with Crippen LogP contribution in [0.25, 0.3) is 0 Å². The molecule has 67 heavy (non-hydrogen) atoms. The number of esters is 1. The minimum absolute atomic E-state index is 0.0491. The summed E-state index contributed by atoms with van der Waals surface area (Å²) in [4.78, 5) is 26.1. The lowest BCUT2D eigenvalue weighted by Crippen LogP contribution is -2.66. The Morgan fingerprint density at radius 1 is 0.701 bits per heavy atom. The lowest BCUT2D eigenvalue weighted by molar-refractivity contribution is -0.380. The lowest BCUT2D eigenvalue weighted by atomic mass is 9.43. The number of aliphatic hydroxyl groups is 9. The summed E-state index contributed by atoms with van der Waals surface area (Å²) in [5, 5.41) is 98.0. The van der Waals surface area contributed by atoms with Crippen molar-refractivity contribution in [3.05, 3.63) is 35.9 Å². The molecule has 19 heteroatoms. The second kappa shape index (κ2) is 20.1. The number of hydrogen-bond acceptors (Lipinski definition) is 19. The molecule has 0 aromatic heterocycles. The van der Waals surface area contributed by atoms with Crippen molar-refractivity contribution in [2.75, 3.05) is 20.3 Å². The van der Waals surface area contributed by atoms with Gasteiger partial charge in [-0.2, -0.15) is 0 Å². The van der Waals surface area contributed by atoms with E-state index in [4.69, 9.17) is 37.9 Å². The van der Waals surface area contributed by atoms with Crippen LogP contribution in [0.1, 0.15) is 95.8 Å². The van der Waals surface area contributed by atoms with Crippen molar-refractivity contribution in [1.29, 1.82) is 0 Å². The highest BCUT2D eigenvalue weighted by Crippen LogP contribution is 2.70. The van der Waals surface area contributed by atoms with E-state index < -0.39 is 128 Å². The number of methoxy groups -OCH3 is 1. The maximum atomic E-state index is 13.5. The summed E-state index contributed by atoms with van der Waals surface area (Å²) in [5.41, 5.74) is -1.70. The van der Waals surface area contributed by atoms with Crippen LogP contribution in [0.3, 0.4) is 0 Å². The van der Waals surface area contributed by atoms with Crippen molar-refractivity contribution in [3.8, 4) is 0 Å². The fourth-order valence-corrected chi connectivity index (χ4v) is 13.6. The van der Waals surface area contributed by atoms with E-state index in [0.717, 1.165) is 19.3 Å². The molecule has 8 rings (SSSR count). The smallest absolute Gasteiger partial charge is 0.338 e. The van der Waals surface area contributed by atoms with Crippen molar-refractivity contribution in [2.45, 2.75) is 195 Å². The molecule has 4 saturated carbocycles. The van der Waals surface area contributed by atoms with Gasteiger partial charge in [-0.15, -0.1) is 0 Å². The molecule has 7 fully saturated rings. The summed E-state index contributed by atoms with van der Waals surface area (Å²) < 4.78 is 47.9. The van der Waals surface area contributed by atoms with Crippen molar-refractivity contribution < 1.29 is 93.4 Å². The van der Waals surface area contributed by atoms with Crippen molar-refractivity contribution in [3.63, 3.8) is 0 Å².